The Hall–Kier alpha value is 0.0200. The molecular formula is C11H20OS. The van der Waals surface area contributed by atoms with Crippen molar-refractivity contribution in [3.05, 3.63) is 0 Å². The van der Waals surface area contributed by atoms with E-state index < -0.39 is 0 Å². The van der Waals surface area contributed by atoms with Gasteiger partial charge < -0.3 is 0 Å². The smallest absolute Gasteiger partial charge is 0.145 e. The van der Waals surface area contributed by atoms with Gasteiger partial charge in [0.2, 0.25) is 0 Å². The minimum Gasteiger partial charge on any atom is -0.298 e. The Bertz CT molecular complexity index is 159. The highest BCUT2D eigenvalue weighted by Gasteiger charge is 2.15. The van der Waals surface area contributed by atoms with Crippen LogP contribution >= 0.6 is 11.8 Å². The third kappa shape index (κ3) is 4.17. The molecule has 1 fully saturated rings. The normalized spacial score (nSPS) is 18.4. The van der Waals surface area contributed by atoms with Crippen molar-refractivity contribution in [3.63, 3.8) is 0 Å². The van der Waals surface area contributed by atoms with Gasteiger partial charge in [-0.2, -0.15) is 11.8 Å². The molecule has 0 spiro atoms. The zero-order chi connectivity index (χ0) is 9.68. The van der Waals surface area contributed by atoms with Crippen LogP contribution in [-0.2, 0) is 4.79 Å². The van der Waals surface area contributed by atoms with Gasteiger partial charge in [-0.1, -0.05) is 26.7 Å². The van der Waals surface area contributed by atoms with Gasteiger partial charge in [-0.3, -0.25) is 4.79 Å². The predicted octanol–water partition coefficient (Wildman–Crippen LogP) is 3.13. The summed E-state index contributed by atoms with van der Waals surface area (Å²) in [5.74, 6) is 3.47. The maximum absolute atomic E-state index is 11.3. The van der Waals surface area contributed by atoms with Gasteiger partial charge in [0, 0.05) is 5.92 Å². The maximum Gasteiger partial charge on any atom is 0.145 e. The van der Waals surface area contributed by atoms with Crippen LogP contribution in [0.25, 0.3) is 0 Å². The van der Waals surface area contributed by atoms with Crippen LogP contribution in [0.4, 0.5) is 0 Å². The first kappa shape index (κ1) is 11.1. The number of rotatable bonds is 5. The fraction of sp³-hybridized carbons (Fsp3) is 0.909. The lowest BCUT2D eigenvalue weighted by atomic mass is 10.1. The lowest BCUT2D eigenvalue weighted by Gasteiger charge is -2.08. The molecule has 76 valence electrons. The van der Waals surface area contributed by atoms with Crippen LogP contribution in [0.15, 0.2) is 0 Å². The van der Waals surface area contributed by atoms with Gasteiger partial charge in [-0.05, 0) is 24.5 Å². The fourth-order valence-electron chi connectivity index (χ4n) is 1.67. The van der Waals surface area contributed by atoms with Crippen molar-refractivity contribution in [2.45, 2.75) is 39.5 Å². The Morgan fingerprint density at radius 3 is 2.54 bits per heavy atom. The molecule has 0 bridgehead atoms. The molecule has 0 amide bonds. The van der Waals surface area contributed by atoms with Crippen LogP contribution < -0.4 is 0 Å². The molecule has 0 heterocycles. The van der Waals surface area contributed by atoms with E-state index in [0.717, 1.165) is 11.7 Å². The average Bonchev–Trinajstić information content (AvgIpc) is 2.56. The van der Waals surface area contributed by atoms with Crippen molar-refractivity contribution in [1.82, 2.24) is 0 Å². The quantitative estimate of drug-likeness (QED) is 0.678. The van der Waals surface area contributed by atoms with Crippen LogP contribution in [0.5, 0.6) is 0 Å². The van der Waals surface area contributed by atoms with E-state index in [1.54, 1.807) is 0 Å². The summed E-state index contributed by atoms with van der Waals surface area (Å²) >= 11 is 1.84. The molecule has 0 aliphatic heterocycles. The lowest BCUT2D eigenvalue weighted by molar-refractivity contribution is -0.119. The van der Waals surface area contributed by atoms with Crippen LogP contribution in [0.1, 0.15) is 39.5 Å². The summed E-state index contributed by atoms with van der Waals surface area (Å²) < 4.78 is 0. The zero-order valence-electron chi connectivity index (χ0n) is 8.71. The molecule has 0 aromatic heterocycles. The third-order valence-corrected chi connectivity index (χ3v) is 3.91. The van der Waals surface area contributed by atoms with Gasteiger partial charge in [-0.25, -0.2) is 0 Å². The molecule has 0 atom stereocenters. The van der Waals surface area contributed by atoms with Crippen molar-refractivity contribution < 1.29 is 4.79 Å². The topological polar surface area (TPSA) is 17.1 Å². The largest absolute Gasteiger partial charge is 0.298 e. The monoisotopic (exact) mass is 200 g/mol. The SMILES string of the molecule is CC(C)C(=O)CSCC1CCCC1. The minimum atomic E-state index is 0.219. The first-order valence-electron chi connectivity index (χ1n) is 5.30. The Kier molecular flexibility index (Phi) is 4.86. The number of ketones is 1. The molecule has 1 aliphatic rings. The van der Waals surface area contributed by atoms with Gasteiger partial charge in [0.05, 0.1) is 5.75 Å². The minimum absolute atomic E-state index is 0.219. The number of carbonyl (C=O) groups excluding carboxylic acids is 1. The summed E-state index contributed by atoms with van der Waals surface area (Å²) in [7, 11) is 0. The van der Waals surface area contributed by atoms with Crippen LogP contribution in [0.3, 0.4) is 0 Å². The van der Waals surface area contributed by atoms with Gasteiger partial charge >= 0.3 is 0 Å². The molecule has 0 aromatic rings. The molecule has 0 radical (unpaired) electrons. The second kappa shape index (κ2) is 5.69. The van der Waals surface area contributed by atoms with Crippen LogP contribution in [0, 0.1) is 11.8 Å². The standard InChI is InChI=1S/C11H20OS/c1-9(2)11(12)8-13-7-10-5-3-4-6-10/h9-10H,3-8H2,1-2H3. The van der Waals surface area contributed by atoms with Crippen LogP contribution in [-0.4, -0.2) is 17.3 Å². The highest BCUT2D eigenvalue weighted by Crippen LogP contribution is 2.27. The van der Waals surface area contributed by atoms with E-state index in [2.05, 4.69) is 0 Å². The molecule has 1 saturated carbocycles. The number of hydrogen-bond donors (Lipinski definition) is 0. The van der Waals surface area contributed by atoms with Crippen molar-refractivity contribution >= 4 is 17.5 Å². The Labute approximate surface area is 85.7 Å². The molecular weight excluding hydrogens is 180 g/mol. The molecule has 2 heteroatoms. The molecule has 1 rings (SSSR count). The Balaban J connectivity index is 2.03. The molecule has 1 nitrogen and oxygen atoms in total. The molecule has 1 aliphatic carbocycles. The summed E-state index contributed by atoms with van der Waals surface area (Å²) in [6.07, 6.45) is 5.60. The summed E-state index contributed by atoms with van der Waals surface area (Å²) in [6.45, 7) is 3.97. The van der Waals surface area contributed by atoms with E-state index >= 15 is 0 Å². The van der Waals surface area contributed by atoms with E-state index in [1.807, 2.05) is 25.6 Å². The van der Waals surface area contributed by atoms with Gasteiger partial charge in [0.25, 0.3) is 0 Å². The summed E-state index contributed by atoms with van der Waals surface area (Å²) in [5, 5.41) is 0. The third-order valence-electron chi connectivity index (χ3n) is 2.72. The second-order valence-electron chi connectivity index (χ2n) is 4.29. The van der Waals surface area contributed by atoms with Crippen LogP contribution in [0.2, 0.25) is 0 Å². The van der Waals surface area contributed by atoms with Gasteiger partial charge in [-0.15, -0.1) is 0 Å². The number of hydrogen-bond acceptors (Lipinski definition) is 2. The number of carbonyl (C=O) groups is 1. The number of thioether (sulfide) groups is 1. The highest BCUT2D eigenvalue weighted by molar-refractivity contribution is 7.99. The number of Topliss-reactive ketones (excluding diaryl/α,β-unsaturated/α-hetero) is 1. The van der Waals surface area contributed by atoms with Crippen molar-refractivity contribution in [2.75, 3.05) is 11.5 Å². The maximum atomic E-state index is 11.3. The first-order chi connectivity index (χ1) is 6.20. The van der Waals surface area contributed by atoms with Gasteiger partial charge in [0.15, 0.2) is 0 Å². The van der Waals surface area contributed by atoms with E-state index in [1.165, 1.54) is 31.4 Å². The fourth-order valence-corrected chi connectivity index (χ4v) is 2.99. The van der Waals surface area contributed by atoms with E-state index in [0.29, 0.717) is 5.78 Å². The molecule has 0 saturated heterocycles. The predicted molar refractivity (Wildman–Crippen MR) is 59.1 cm³/mol. The highest BCUT2D eigenvalue weighted by atomic mass is 32.2. The first-order valence-corrected chi connectivity index (χ1v) is 6.46. The Morgan fingerprint density at radius 2 is 2.00 bits per heavy atom. The van der Waals surface area contributed by atoms with Crippen molar-refractivity contribution in [1.29, 1.82) is 0 Å². The Morgan fingerprint density at radius 1 is 1.38 bits per heavy atom. The molecule has 0 aromatic carbocycles. The molecule has 0 unspecified atom stereocenters. The van der Waals surface area contributed by atoms with Crippen molar-refractivity contribution in [3.8, 4) is 0 Å². The molecule has 0 N–H and O–H groups in total. The zero-order valence-corrected chi connectivity index (χ0v) is 9.53. The summed E-state index contributed by atoms with van der Waals surface area (Å²) in [5.41, 5.74) is 0. The van der Waals surface area contributed by atoms with E-state index in [-0.39, 0.29) is 5.92 Å². The average molecular weight is 200 g/mol. The summed E-state index contributed by atoms with van der Waals surface area (Å²) in [6, 6.07) is 0. The van der Waals surface area contributed by atoms with E-state index in [9.17, 15) is 4.79 Å². The van der Waals surface area contributed by atoms with Gasteiger partial charge in [0.1, 0.15) is 5.78 Å². The lowest BCUT2D eigenvalue weighted by Crippen LogP contribution is -2.11. The molecule has 13 heavy (non-hydrogen) atoms. The summed E-state index contributed by atoms with van der Waals surface area (Å²) in [4.78, 5) is 11.3. The van der Waals surface area contributed by atoms with E-state index in [4.69, 9.17) is 0 Å². The van der Waals surface area contributed by atoms with Crippen molar-refractivity contribution in [2.24, 2.45) is 11.8 Å². The second-order valence-corrected chi connectivity index (χ2v) is 5.32.